The third-order valence-corrected chi connectivity index (χ3v) is 3.04. The Morgan fingerprint density at radius 2 is 1.95 bits per heavy atom. The highest BCUT2D eigenvalue weighted by Gasteiger charge is 2.26. The van der Waals surface area contributed by atoms with Crippen molar-refractivity contribution in [2.24, 2.45) is 0 Å². The van der Waals surface area contributed by atoms with Crippen molar-refractivity contribution < 1.29 is 14.4 Å². The van der Waals surface area contributed by atoms with Gasteiger partial charge in [0.15, 0.2) is 17.2 Å². The van der Waals surface area contributed by atoms with E-state index in [1.807, 2.05) is 0 Å². The molecule has 1 heterocycles. The monoisotopic (exact) mass is 309 g/mol. The molecular formula is C13H12ClN3O4. The van der Waals surface area contributed by atoms with Gasteiger partial charge in [-0.1, -0.05) is 6.07 Å². The second-order valence-corrected chi connectivity index (χ2v) is 4.41. The average Bonchev–Trinajstić information content (AvgIpc) is 2.44. The van der Waals surface area contributed by atoms with E-state index in [0.717, 1.165) is 0 Å². The van der Waals surface area contributed by atoms with Crippen LogP contribution in [0.2, 0.25) is 5.28 Å². The van der Waals surface area contributed by atoms with Gasteiger partial charge in [-0.2, -0.15) is 0 Å². The van der Waals surface area contributed by atoms with Crippen LogP contribution in [-0.4, -0.2) is 29.1 Å². The molecule has 1 aromatic carbocycles. The van der Waals surface area contributed by atoms with Gasteiger partial charge in [-0.05, 0) is 30.7 Å². The molecule has 0 fully saturated rings. The van der Waals surface area contributed by atoms with Gasteiger partial charge in [0, 0.05) is 0 Å². The predicted molar refractivity (Wildman–Crippen MR) is 77.0 cm³/mol. The van der Waals surface area contributed by atoms with Gasteiger partial charge in [-0.3, -0.25) is 10.1 Å². The summed E-state index contributed by atoms with van der Waals surface area (Å²) < 4.78 is 10.5. The number of aromatic nitrogens is 2. The van der Waals surface area contributed by atoms with Gasteiger partial charge >= 0.3 is 5.69 Å². The number of rotatable bonds is 4. The van der Waals surface area contributed by atoms with Crippen molar-refractivity contribution in [3.05, 3.63) is 39.3 Å². The van der Waals surface area contributed by atoms with Crippen LogP contribution in [0.1, 0.15) is 5.69 Å². The maximum Gasteiger partial charge on any atom is 0.316 e. The van der Waals surface area contributed by atoms with Crippen molar-refractivity contribution in [3.8, 4) is 22.8 Å². The van der Waals surface area contributed by atoms with Gasteiger partial charge in [0.2, 0.25) is 5.28 Å². The number of methoxy groups -OCH3 is 2. The summed E-state index contributed by atoms with van der Waals surface area (Å²) in [6.07, 6.45) is 0. The molecule has 2 rings (SSSR count). The summed E-state index contributed by atoms with van der Waals surface area (Å²) in [5.41, 5.74) is 0.468. The molecule has 0 amide bonds. The van der Waals surface area contributed by atoms with Crippen LogP contribution in [0.3, 0.4) is 0 Å². The molecule has 1 aromatic heterocycles. The first kappa shape index (κ1) is 15.0. The fraction of sp³-hybridized carbons (Fsp3) is 0.231. The predicted octanol–water partition coefficient (Wildman–Crippen LogP) is 3.03. The Bertz CT molecular complexity index is 706. The molecule has 0 saturated carbocycles. The third kappa shape index (κ3) is 2.73. The second kappa shape index (κ2) is 5.92. The van der Waals surface area contributed by atoms with Crippen molar-refractivity contribution in [2.45, 2.75) is 6.92 Å². The summed E-state index contributed by atoms with van der Waals surface area (Å²) in [5, 5.41) is 11.2. The van der Waals surface area contributed by atoms with E-state index in [2.05, 4.69) is 9.97 Å². The molecule has 0 aliphatic rings. The number of hydrogen-bond acceptors (Lipinski definition) is 6. The summed E-state index contributed by atoms with van der Waals surface area (Å²) in [6.45, 7) is 1.50. The number of nitro groups is 1. The lowest BCUT2D eigenvalue weighted by molar-refractivity contribution is -0.385. The van der Waals surface area contributed by atoms with Crippen molar-refractivity contribution in [1.29, 1.82) is 0 Å². The van der Waals surface area contributed by atoms with Crippen LogP contribution in [-0.2, 0) is 0 Å². The van der Waals surface area contributed by atoms with Gasteiger partial charge in [0.05, 0.1) is 24.7 Å². The Morgan fingerprint density at radius 3 is 2.52 bits per heavy atom. The summed E-state index contributed by atoms with van der Waals surface area (Å²) in [5.74, 6) is 0.786. The van der Waals surface area contributed by atoms with Gasteiger partial charge in [-0.25, -0.2) is 9.97 Å². The van der Waals surface area contributed by atoms with E-state index in [0.29, 0.717) is 17.1 Å². The number of ether oxygens (including phenoxy) is 2. The fourth-order valence-electron chi connectivity index (χ4n) is 2.01. The third-order valence-electron chi connectivity index (χ3n) is 2.87. The first-order valence-corrected chi connectivity index (χ1v) is 6.27. The van der Waals surface area contributed by atoms with Crippen LogP contribution in [0.15, 0.2) is 18.2 Å². The zero-order chi connectivity index (χ0) is 15.6. The molecule has 0 aliphatic heterocycles. The molecule has 0 bridgehead atoms. The molecule has 21 heavy (non-hydrogen) atoms. The number of nitrogens with zero attached hydrogens (tertiary/aromatic N) is 3. The Hall–Kier alpha value is -2.41. The van der Waals surface area contributed by atoms with E-state index in [-0.39, 0.29) is 22.4 Å². The van der Waals surface area contributed by atoms with Gasteiger partial charge in [0.1, 0.15) is 5.69 Å². The topological polar surface area (TPSA) is 87.4 Å². The number of halogens is 1. The summed E-state index contributed by atoms with van der Waals surface area (Å²) in [7, 11) is 2.93. The minimum absolute atomic E-state index is 0.0713. The zero-order valence-electron chi connectivity index (χ0n) is 11.6. The molecule has 110 valence electrons. The summed E-state index contributed by atoms with van der Waals surface area (Å²) >= 11 is 5.83. The molecule has 2 aromatic rings. The first-order chi connectivity index (χ1) is 9.99. The molecule has 0 spiro atoms. The molecule has 0 radical (unpaired) electrons. The Morgan fingerprint density at radius 1 is 1.24 bits per heavy atom. The Balaban J connectivity index is 2.81. The van der Waals surface area contributed by atoms with Crippen molar-refractivity contribution in [1.82, 2.24) is 9.97 Å². The quantitative estimate of drug-likeness (QED) is 0.490. The standard InChI is InChI=1S/C13H12ClN3O4/c1-7-11(17(18)19)10(16-13(14)15-7)8-5-4-6-9(20-2)12(8)21-3/h4-6H,1-3H3. The van der Waals surface area contributed by atoms with Crippen LogP contribution in [0.4, 0.5) is 5.69 Å². The van der Waals surface area contributed by atoms with Gasteiger partial charge in [-0.15, -0.1) is 0 Å². The molecule has 0 N–H and O–H groups in total. The summed E-state index contributed by atoms with van der Waals surface area (Å²) in [4.78, 5) is 18.6. The minimum atomic E-state index is -0.542. The fourth-order valence-corrected chi connectivity index (χ4v) is 2.22. The molecule has 0 atom stereocenters. The van der Waals surface area contributed by atoms with E-state index < -0.39 is 4.92 Å². The average molecular weight is 310 g/mol. The van der Waals surface area contributed by atoms with Gasteiger partial charge < -0.3 is 9.47 Å². The van der Waals surface area contributed by atoms with Crippen LogP contribution in [0.5, 0.6) is 11.5 Å². The number of hydrogen-bond donors (Lipinski definition) is 0. The zero-order valence-corrected chi connectivity index (χ0v) is 12.3. The summed E-state index contributed by atoms with van der Waals surface area (Å²) in [6, 6.07) is 5.02. The van der Waals surface area contributed by atoms with Crippen molar-refractivity contribution in [3.63, 3.8) is 0 Å². The van der Waals surface area contributed by atoms with Crippen molar-refractivity contribution >= 4 is 17.3 Å². The lowest BCUT2D eigenvalue weighted by Gasteiger charge is -2.12. The molecule has 0 saturated heterocycles. The normalized spacial score (nSPS) is 10.3. The van der Waals surface area contributed by atoms with E-state index in [9.17, 15) is 10.1 Å². The molecule has 0 unspecified atom stereocenters. The van der Waals surface area contributed by atoms with Crippen LogP contribution < -0.4 is 9.47 Å². The molecule has 8 heteroatoms. The van der Waals surface area contributed by atoms with Crippen LogP contribution in [0, 0.1) is 17.0 Å². The molecule has 7 nitrogen and oxygen atoms in total. The number of benzene rings is 1. The van der Waals surface area contributed by atoms with E-state index >= 15 is 0 Å². The Labute approximate surface area is 125 Å². The highest BCUT2D eigenvalue weighted by molar-refractivity contribution is 6.28. The van der Waals surface area contributed by atoms with E-state index in [1.165, 1.54) is 21.1 Å². The maximum absolute atomic E-state index is 11.3. The molecular weight excluding hydrogens is 298 g/mol. The lowest BCUT2D eigenvalue weighted by Crippen LogP contribution is -2.02. The van der Waals surface area contributed by atoms with Crippen molar-refractivity contribution in [2.75, 3.05) is 14.2 Å². The maximum atomic E-state index is 11.3. The number of aryl methyl sites for hydroxylation is 1. The van der Waals surface area contributed by atoms with Crippen LogP contribution in [0.25, 0.3) is 11.3 Å². The first-order valence-electron chi connectivity index (χ1n) is 5.89. The van der Waals surface area contributed by atoms with E-state index in [1.54, 1.807) is 18.2 Å². The largest absolute Gasteiger partial charge is 0.493 e. The highest BCUT2D eigenvalue weighted by Crippen LogP contribution is 2.41. The minimum Gasteiger partial charge on any atom is -0.493 e. The SMILES string of the molecule is COc1cccc(-c2nc(Cl)nc(C)c2[N+](=O)[O-])c1OC. The highest BCUT2D eigenvalue weighted by atomic mass is 35.5. The second-order valence-electron chi connectivity index (χ2n) is 4.07. The number of para-hydroxylation sites is 1. The molecule has 0 aliphatic carbocycles. The van der Waals surface area contributed by atoms with Gasteiger partial charge in [0.25, 0.3) is 0 Å². The lowest BCUT2D eigenvalue weighted by atomic mass is 10.1. The van der Waals surface area contributed by atoms with Crippen LogP contribution >= 0.6 is 11.6 Å². The van der Waals surface area contributed by atoms with E-state index in [4.69, 9.17) is 21.1 Å². The smallest absolute Gasteiger partial charge is 0.316 e. The Kier molecular flexibility index (Phi) is 4.23.